The lowest BCUT2D eigenvalue weighted by Crippen LogP contribution is -2.48. The zero-order valence-corrected chi connectivity index (χ0v) is 20.7. The zero-order chi connectivity index (χ0) is 24.5. The molecule has 0 heterocycles. The number of carbonyl (C=O) groups excluding carboxylic acids is 2. The lowest BCUT2D eigenvalue weighted by atomic mass is 9.88. The van der Waals surface area contributed by atoms with Crippen LogP contribution < -0.4 is 5.32 Å². The van der Waals surface area contributed by atoms with Crippen LogP contribution in [0, 0.1) is 12.8 Å². The second-order valence-corrected chi connectivity index (χ2v) is 9.40. The maximum atomic E-state index is 13.8. The molecule has 0 unspecified atom stereocenters. The van der Waals surface area contributed by atoms with Crippen molar-refractivity contribution in [2.75, 3.05) is 6.54 Å². The first kappa shape index (κ1) is 25.2. The van der Waals surface area contributed by atoms with Crippen LogP contribution in [-0.4, -0.2) is 29.3 Å². The van der Waals surface area contributed by atoms with E-state index >= 15 is 0 Å². The normalized spacial score (nSPS) is 11.9. The van der Waals surface area contributed by atoms with E-state index in [4.69, 9.17) is 0 Å². The molecule has 3 aromatic rings. The van der Waals surface area contributed by atoms with Crippen molar-refractivity contribution in [3.8, 4) is 0 Å². The molecule has 4 nitrogen and oxygen atoms in total. The average Bonchev–Trinajstić information content (AvgIpc) is 2.86. The van der Waals surface area contributed by atoms with Gasteiger partial charge in [0.05, 0.1) is 0 Å². The van der Waals surface area contributed by atoms with Crippen LogP contribution in [0.4, 0.5) is 0 Å². The number of benzene rings is 3. The van der Waals surface area contributed by atoms with Crippen molar-refractivity contribution in [3.05, 3.63) is 107 Å². The molecule has 1 N–H and O–H groups in total. The molecular formula is C30H36N2O2. The molecule has 1 atom stereocenters. The predicted octanol–water partition coefficient (Wildman–Crippen LogP) is 5.71. The van der Waals surface area contributed by atoms with Crippen LogP contribution in [0.5, 0.6) is 0 Å². The largest absolute Gasteiger partial charge is 0.354 e. The number of carbonyl (C=O) groups is 2. The molecule has 0 saturated carbocycles. The van der Waals surface area contributed by atoms with Crippen molar-refractivity contribution in [3.63, 3.8) is 0 Å². The summed E-state index contributed by atoms with van der Waals surface area (Å²) in [4.78, 5) is 28.5. The summed E-state index contributed by atoms with van der Waals surface area (Å²) in [5, 5.41) is 3.00. The molecule has 0 aliphatic heterocycles. The fourth-order valence-electron chi connectivity index (χ4n) is 4.02. The molecule has 0 aliphatic rings. The van der Waals surface area contributed by atoms with Crippen molar-refractivity contribution in [1.29, 1.82) is 0 Å². The van der Waals surface area contributed by atoms with Crippen LogP contribution in [0.15, 0.2) is 84.9 Å². The van der Waals surface area contributed by atoms with E-state index in [1.165, 1.54) is 0 Å². The van der Waals surface area contributed by atoms with Crippen LogP contribution >= 0.6 is 0 Å². The molecule has 0 radical (unpaired) electrons. The summed E-state index contributed by atoms with van der Waals surface area (Å²) in [5.74, 6) is 0.106. The van der Waals surface area contributed by atoms with E-state index in [2.05, 4.69) is 43.4 Å². The molecule has 178 valence electrons. The Morgan fingerprint density at radius 2 is 1.32 bits per heavy atom. The number of hydrogen-bond acceptors (Lipinski definition) is 2. The third kappa shape index (κ3) is 7.05. The summed E-state index contributed by atoms with van der Waals surface area (Å²) in [6.45, 7) is 8.97. The second kappa shape index (κ2) is 12.2. The van der Waals surface area contributed by atoms with Gasteiger partial charge in [0, 0.05) is 25.4 Å². The SMILES string of the molecule is Cc1ccc(CN(C(=O)CC(c2ccccc2)c2ccccc2)[C@@H](C)C(=O)NCC(C)C)cc1. The molecule has 3 aromatic carbocycles. The highest BCUT2D eigenvalue weighted by Crippen LogP contribution is 2.29. The smallest absolute Gasteiger partial charge is 0.242 e. The molecular weight excluding hydrogens is 420 g/mol. The van der Waals surface area contributed by atoms with E-state index in [-0.39, 0.29) is 17.7 Å². The number of nitrogens with one attached hydrogen (secondary N) is 1. The minimum absolute atomic E-state index is 0.0366. The Balaban J connectivity index is 1.88. The van der Waals surface area contributed by atoms with Crippen molar-refractivity contribution < 1.29 is 9.59 Å². The summed E-state index contributed by atoms with van der Waals surface area (Å²) < 4.78 is 0. The Hall–Kier alpha value is -3.40. The fraction of sp³-hybridized carbons (Fsp3) is 0.333. The van der Waals surface area contributed by atoms with Crippen LogP contribution in [-0.2, 0) is 16.1 Å². The third-order valence-corrected chi connectivity index (χ3v) is 6.11. The lowest BCUT2D eigenvalue weighted by Gasteiger charge is -2.31. The van der Waals surface area contributed by atoms with Crippen molar-refractivity contribution in [2.45, 2.75) is 52.6 Å². The molecule has 0 saturated heterocycles. The van der Waals surface area contributed by atoms with Gasteiger partial charge in [0.1, 0.15) is 6.04 Å². The van der Waals surface area contributed by atoms with Gasteiger partial charge in [-0.05, 0) is 36.5 Å². The number of hydrogen-bond donors (Lipinski definition) is 1. The van der Waals surface area contributed by atoms with Crippen LogP contribution in [0.1, 0.15) is 55.4 Å². The van der Waals surface area contributed by atoms with Gasteiger partial charge in [0.15, 0.2) is 0 Å². The summed E-state index contributed by atoms with van der Waals surface area (Å²) in [6.07, 6.45) is 0.293. The number of rotatable bonds is 10. The topological polar surface area (TPSA) is 49.4 Å². The standard InChI is InChI=1S/C30H36N2O2/c1-22(2)20-31-30(34)24(4)32(21-25-17-15-23(3)16-18-25)29(33)19-28(26-11-7-5-8-12-26)27-13-9-6-10-14-27/h5-18,22,24,28H,19-21H2,1-4H3,(H,31,34)/t24-/m0/s1. The van der Waals surface area contributed by atoms with Crippen LogP contribution in [0.2, 0.25) is 0 Å². The maximum absolute atomic E-state index is 13.8. The predicted molar refractivity (Wildman–Crippen MR) is 138 cm³/mol. The molecule has 34 heavy (non-hydrogen) atoms. The summed E-state index contributed by atoms with van der Waals surface area (Å²) in [5.41, 5.74) is 4.36. The van der Waals surface area contributed by atoms with Gasteiger partial charge in [-0.25, -0.2) is 0 Å². The van der Waals surface area contributed by atoms with Crippen molar-refractivity contribution >= 4 is 11.8 Å². The molecule has 0 fully saturated rings. The van der Waals surface area contributed by atoms with E-state index in [9.17, 15) is 9.59 Å². The molecule has 2 amide bonds. The van der Waals surface area contributed by atoms with Gasteiger partial charge >= 0.3 is 0 Å². The van der Waals surface area contributed by atoms with Crippen LogP contribution in [0.25, 0.3) is 0 Å². The molecule has 0 spiro atoms. The zero-order valence-electron chi connectivity index (χ0n) is 20.7. The molecule has 0 bridgehead atoms. The second-order valence-electron chi connectivity index (χ2n) is 9.40. The maximum Gasteiger partial charge on any atom is 0.242 e. The lowest BCUT2D eigenvalue weighted by molar-refractivity contribution is -0.140. The monoisotopic (exact) mass is 456 g/mol. The van der Waals surface area contributed by atoms with Gasteiger partial charge in [-0.2, -0.15) is 0 Å². The highest BCUT2D eigenvalue weighted by Gasteiger charge is 2.29. The van der Waals surface area contributed by atoms with Gasteiger partial charge in [0.25, 0.3) is 0 Å². The van der Waals surface area contributed by atoms with E-state index in [0.29, 0.717) is 25.4 Å². The highest BCUT2D eigenvalue weighted by atomic mass is 16.2. The summed E-state index contributed by atoms with van der Waals surface area (Å²) in [7, 11) is 0. The Kier molecular flexibility index (Phi) is 9.03. The van der Waals surface area contributed by atoms with E-state index in [1.54, 1.807) is 4.90 Å². The van der Waals surface area contributed by atoms with E-state index < -0.39 is 6.04 Å². The number of amides is 2. The third-order valence-electron chi connectivity index (χ3n) is 6.11. The van der Waals surface area contributed by atoms with Crippen LogP contribution in [0.3, 0.4) is 0 Å². The van der Waals surface area contributed by atoms with Crippen molar-refractivity contribution in [2.24, 2.45) is 5.92 Å². The number of nitrogens with zero attached hydrogens (tertiary/aromatic N) is 1. The first-order valence-corrected chi connectivity index (χ1v) is 12.1. The highest BCUT2D eigenvalue weighted by molar-refractivity contribution is 5.87. The first-order valence-electron chi connectivity index (χ1n) is 12.1. The molecule has 0 aromatic heterocycles. The van der Waals surface area contributed by atoms with E-state index in [1.807, 2.05) is 74.5 Å². The average molecular weight is 457 g/mol. The first-order chi connectivity index (χ1) is 16.3. The summed E-state index contributed by atoms with van der Waals surface area (Å²) >= 11 is 0. The number of aryl methyl sites for hydroxylation is 1. The minimum Gasteiger partial charge on any atom is -0.354 e. The Morgan fingerprint density at radius 1 is 0.794 bits per heavy atom. The van der Waals surface area contributed by atoms with Gasteiger partial charge < -0.3 is 10.2 Å². The minimum atomic E-state index is -0.570. The molecule has 3 rings (SSSR count). The Bertz CT molecular complexity index is 1010. The van der Waals surface area contributed by atoms with Gasteiger partial charge in [-0.15, -0.1) is 0 Å². The Morgan fingerprint density at radius 3 is 1.82 bits per heavy atom. The van der Waals surface area contributed by atoms with Gasteiger partial charge in [-0.3, -0.25) is 9.59 Å². The van der Waals surface area contributed by atoms with Crippen molar-refractivity contribution in [1.82, 2.24) is 10.2 Å². The Labute approximate surface area is 204 Å². The molecule has 0 aliphatic carbocycles. The van der Waals surface area contributed by atoms with Gasteiger partial charge in [0.2, 0.25) is 11.8 Å². The van der Waals surface area contributed by atoms with Gasteiger partial charge in [-0.1, -0.05) is 104 Å². The molecule has 4 heteroatoms. The quantitative estimate of drug-likeness (QED) is 0.425. The summed E-state index contributed by atoms with van der Waals surface area (Å²) in [6, 6.07) is 27.8. The fourth-order valence-corrected chi connectivity index (χ4v) is 4.02. The van der Waals surface area contributed by atoms with E-state index in [0.717, 1.165) is 22.3 Å².